The Morgan fingerprint density at radius 3 is 2.36 bits per heavy atom. The van der Waals surface area contributed by atoms with Crippen molar-refractivity contribution in [2.75, 3.05) is 36.5 Å². The number of hydrogen-bond donors (Lipinski definition) is 4. The van der Waals surface area contributed by atoms with Gasteiger partial charge in [-0.1, -0.05) is 5.75 Å². The maximum Gasteiger partial charge on any atom is 0.268 e. The summed E-state index contributed by atoms with van der Waals surface area (Å²) in [5.41, 5.74) is 1.65. The second-order valence-electron chi connectivity index (χ2n) is 7.26. The molecule has 33 heavy (non-hydrogen) atoms. The van der Waals surface area contributed by atoms with Crippen LogP contribution >= 0.6 is 0 Å². The summed E-state index contributed by atoms with van der Waals surface area (Å²) in [5, 5.41) is 15.1. The maximum absolute atomic E-state index is 15.9. The van der Waals surface area contributed by atoms with Crippen molar-refractivity contribution in [1.82, 2.24) is 9.88 Å². The Bertz CT molecular complexity index is 1350. The first-order chi connectivity index (χ1) is 15.7. The summed E-state index contributed by atoms with van der Waals surface area (Å²) in [4.78, 5) is 26.3. The highest BCUT2D eigenvalue weighted by Crippen LogP contribution is 2.41. The molecule has 1 aliphatic rings. The van der Waals surface area contributed by atoms with Gasteiger partial charge in [-0.25, -0.2) is 17.6 Å². The normalized spacial score (nSPS) is 14.0. The molecular formula is C20H17F4N6O3-. The lowest BCUT2D eigenvalue weighted by Gasteiger charge is -2.32. The second kappa shape index (κ2) is 8.26. The molecule has 0 aliphatic carbocycles. The van der Waals surface area contributed by atoms with Gasteiger partial charge in [-0.05, 0) is 12.1 Å². The molecule has 4 rings (SSSR count). The number of hydrogen-bond acceptors (Lipinski definition) is 7. The number of nitrogens with two attached hydrogens (primary N) is 2. The Morgan fingerprint density at radius 1 is 1.12 bits per heavy atom. The van der Waals surface area contributed by atoms with Gasteiger partial charge in [0, 0.05) is 37.6 Å². The van der Waals surface area contributed by atoms with Crippen LogP contribution in [0.5, 0.6) is 5.75 Å². The largest absolute Gasteiger partial charge is 0.871 e. The number of carbonyl (C=O) groups is 1. The SMILES string of the molecule is NNc1c(F)c(N2CCNCC2)c(F)c2c1c([O-])c(C(N)=O)c(=O)n2-c1ccc(F)cc1F. The zero-order chi connectivity index (χ0) is 24.0. The van der Waals surface area contributed by atoms with Gasteiger partial charge in [0.05, 0.1) is 22.5 Å². The van der Waals surface area contributed by atoms with Crippen LogP contribution in [-0.2, 0) is 0 Å². The molecule has 1 aliphatic heterocycles. The van der Waals surface area contributed by atoms with Crippen LogP contribution in [0, 0.1) is 23.3 Å². The average molecular weight is 465 g/mol. The molecule has 174 valence electrons. The quantitative estimate of drug-likeness (QED) is 0.249. The standard InChI is InChI=1S/C20H18F4N6O3/c21-8-1-2-10(9(22)7-8)30-16-11(18(31)12(19(25)32)20(30)33)15(28-26)13(23)17(14(16)24)29-5-3-27-4-6-29/h1-2,7,27-28,31H,3-6,26H2,(H2,25,32)/p-1. The van der Waals surface area contributed by atoms with Crippen LogP contribution in [0.4, 0.5) is 28.9 Å². The number of halogens is 4. The molecule has 13 heteroatoms. The Morgan fingerprint density at radius 2 is 1.79 bits per heavy atom. The number of benzene rings is 2. The number of nitrogens with zero attached hydrogens (tertiary/aromatic N) is 2. The van der Waals surface area contributed by atoms with Crippen LogP contribution < -0.4 is 37.9 Å². The molecule has 1 aromatic heterocycles. The second-order valence-corrected chi connectivity index (χ2v) is 7.26. The molecule has 0 bridgehead atoms. The van der Waals surface area contributed by atoms with Crippen LogP contribution in [0.1, 0.15) is 10.4 Å². The molecule has 0 saturated carbocycles. The molecule has 1 fully saturated rings. The van der Waals surface area contributed by atoms with E-state index in [0.717, 1.165) is 12.1 Å². The summed E-state index contributed by atoms with van der Waals surface area (Å²) in [5.74, 6) is -2.38. The molecule has 0 radical (unpaired) electrons. The van der Waals surface area contributed by atoms with E-state index in [1.54, 1.807) is 0 Å². The van der Waals surface area contributed by atoms with Crippen LogP contribution in [0.3, 0.4) is 0 Å². The number of nitrogens with one attached hydrogen (secondary N) is 2. The van der Waals surface area contributed by atoms with Gasteiger partial charge in [0.15, 0.2) is 11.6 Å². The molecule has 9 nitrogen and oxygen atoms in total. The molecule has 2 heterocycles. The minimum absolute atomic E-state index is 0.169. The number of fused-ring (bicyclic) bond motifs is 1. The third-order valence-electron chi connectivity index (χ3n) is 5.40. The van der Waals surface area contributed by atoms with Crippen LogP contribution in [0.25, 0.3) is 16.6 Å². The summed E-state index contributed by atoms with van der Waals surface area (Å²) in [6.07, 6.45) is 0. The number of piperazine rings is 1. The van der Waals surface area contributed by atoms with Gasteiger partial charge in [-0.2, -0.15) is 0 Å². The van der Waals surface area contributed by atoms with Crippen molar-refractivity contribution in [3.63, 3.8) is 0 Å². The highest BCUT2D eigenvalue weighted by molar-refractivity contribution is 6.07. The van der Waals surface area contributed by atoms with Gasteiger partial charge in [-0.15, -0.1) is 0 Å². The Labute approximate surface area is 183 Å². The molecule has 0 unspecified atom stereocenters. The molecule has 0 spiro atoms. The average Bonchev–Trinajstić information content (AvgIpc) is 2.76. The molecule has 1 amide bonds. The van der Waals surface area contributed by atoms with Gasteiger partial charge in [0.25, 0.3) is 11.5 Å². The Hall–Kier alpha value is -3.84. The summed E-state index contributed by atoms with van der Waals surface area (Å²) in [7, 11) is 0. The Balaban J connectivity index is 2.26. The van der Waals surface area contributed by atoms with Crippen molar-refractivity contribution in [1.29, 1.82) is 0 Å². The van der Waals surface area contributed by atoms with Gasteiger partial charge >= 0.3 is 0 Å². The van der Waals surface area contributed by atoms with E-state index in [1.165, 1.54) is 4.90 Å². The van der Waals surface area contributed by atoms with Crippen molar-refractivity contribution >= 4 is 28.2 Å². The summed E-state index contributed by atoms with van der Waals surface area (Å²) >= 11 is 0. The zero-order valence-electron chi connectivity index (χ0n) is 16.8. The number of carbonyl (C=O) groups excluding carboxylic acids is 1. The fraction of sp³-hybridized carbons (Fsp3) is 0.200. The van der Waals surface area contributed by atoms with Gasteiger partial charge < -0.3 is 26.5 Å². The number of rotatable bonds is 4. The highest BCUT2D eigenvalue weighted by atomic mass is 19.1. The first kappa shape index (κ1) is 22.4. The lowest BCUT2D eigenvalue weighted by molar-refractivity contribution is -0.266. The van der Waals surface area contributed by atoms with Gasteiger partial charge in [0.2, 0.25) is 0 Å². The number of aromatic nitrogens is 1. The molecule has 1 saturated heterocycles. The third-order valence-corrected chi connectivity index (χ3v) is 5.40. The predicted octanol–water partition coefficient (Wildman–Crippen LogP) is 0.415. The van der Waals surface area contributed by atoms with E-state index >= 15 is 8.78 Å². The number of pyridine rings is 1. The van der Waals surface area contributed by atoms with Crippen LogP contribution in [0.2, 0.25) is 0 Å². The van der Waals surface area contributed by atoms with E-state index in [4.69, 9.17) is 11.6 Å². The molecular weight excluding hydrogens is 448 g/mol. The van der Waals surface area contributed by atoms with E-state index in [0.29, 0.717) is 23.7 Å². The number of hydrazine groups is 1. The zero-order valence-corrected chi connectivity index (χ0v) is 16.8. The number of nitrogen functional groups attached to an aromatic ring is 1. The molecule has 0 atom stereocenters. The van der Waals surface area contributed by atoms with Crippen LogP contribution in [-0.4, -0.2) is 36.7 Å². The minimum atomic E-state index is -1.50. The topological polar surface area (TPSA) is 141 Å². The van der Waals surface area contributed by atoms with E-state index < -0.39 is 74.0 Å². The number of anilines is 2. The van der Waals surface area contributed by atoms with Crippen molar-refractivity contribution < 1.29 is 27.5 Å². The minimum Gasteiger partial charge on any atom is -0.871 e. The number of amides is 1. The van der Waals surface area contributed by atoms with Gasteiger partial charge in [-0.3, -0.25) is 20.0 Å². The Kier molecular flexibility index (Phi) is 5.59. The van der Waals surface area contributed by atoms with E-state index in [9.17, 15) is 23.5 Å². The van der Waals surface area contributed by atoms with Crippen molar-refractivity contribution in [2.45, 2.75) is 0 Å². The summed E-state index contributed by atoms with van der Waals surface area (Å²) in [6.45, 7) is 1.11. The molecule has 2 aromatic carbocycles. The van der Waals surface area contributed by atoms with Crippen molar-refractivity contribution in [3.8, 4) is 11.4 Å². The third kappa shape index (κ3) is 3.41. The lowest BCUT2D eigenvalue weighted by Crippen LogP contribution is -2.44. The van der Waals surface area contributed by atoms with Crippen molar-refractivity contribution in [2.24, 2.45) is 11.6 Å². The first-order valence-corrected chi connectivity index (χ1v) is 9.67. The maximum atomic E-state index is 15.9. The predicted molar refractivity (Wildman–Crippen MR) is 110 cm³/mol. The monoisotopic (exact) mass is 465 g/mol. The summed E-state index contributed by atoms with van der Waals surface area (Å²) in [6, 6.07) is 2.01. The fourth-order valence-electron chi connectivity index (χ4n) is 3.94. The molecule has 3 aromatic rings. The smallest absolute Gasteiger partial charge is 0.268 e. The van der Waals surface area contributed by atoms with Gasteiger partial charge in [0.1, 0.15) is 17.3 Å². The van der Waals surface area contributed by atoms with Crippen LogP contribution in [0.15, 0.2) is 23.0 Å². The lowest BCUT2D eigenvalue weighted by atomic mass is 10.0. The molecule has 6 N–H and O–H groups in total. The van der Waals surface area contributed by atoms with E-state index in [2.05, 4.69) is 5.32 Å². The van der Waals surface area contributed by atoms with Crippen molar-refractivity contribution in [3.05, 3.63) is 57.4 Å². The first-order valence-electron chi connectivity index (χ1n) is 9.67. The summed E-state index contributed by atoms with van der Waals surface area (Å²) < 4.78 is 59.8. The number of primary amides is 1. The van der Waals surface area contributed by atoms with E-state index in [1.807, 2.05) is 5.43 Å². The van der Waals surface area contributed by atoms with E-state index in [-0.39, 0.29) is 13.1 Å². The highest BCUT2D eigenvalue weighted by Gasteiger charge is 2.30. The fourth-order valence-corrected chi connectivity index (χ4v) is 3.94.